The van der Waals surface area contributed by atoms with E-state index in [1.807, 2.05) is 4.90 Å². The fourth-order valence-corrected chi connectivity index (χ4v) is 2.48. The summed E-state index contributed by atoms with van der Waals surface area (Å²) in [7, 11) is 0. The molecule has 1 amide bonds. The number of amides is 1. The van der Waals surface area contributed by atoms with Gasteiger partial charge in [0.25, 0.3) is 0 Å². The molecule has 0 aliphatic carbocycles. The summed E-state index contributed by atoms with van der Waals surface area (Å²) < 4.78 is 0. The SMILES string of the molecule is CC(C)C1CC(=O)N(Cc2nc(Cl)ccc2Cl)C1. The van der Waals surface area contributed by atoms with Crippen molar-refractivity contribution in [3.63, 3.8) is 0 Å². The molecule has 0 N–H and O–H groups in total. The predicted molar refractivity (Wildman–Crippen MR) is 72.6 cm³/mol. The van der Waals surface area contributed by atoms with Crippen LogP contribution < -0.4 is 0 Å². The molecule has 0 spiro atoms. The van der Waals surface area contributed by atoms with Crippen molar-refractivity contribution in [3.8, 4) is 0 Å². The summed E-state index contributed by atoms with van der Waals surface area (Å²) in [6.07, 6.45) is 0.621. The zero-order valence-electron chi connectivity index (χ0n) is 10.5. The molecule has 0 radical (unpaired) electrons. The number of hydrogen-bond acceptors (Lipinski definition) is 2. The van der Waals surface area contributed by atoms with E-state index in [-0.39, 0.29) is 5.91 Å². The van der Waals surface area contributed by atoms with Crippen molar-refractivity contribution in [2.24, 2.45) is 11.8 Å². The summed E-state index contributed by atoms with van der Waals surface area (Å²) in [5.74, 6) is 1.11. The molecule has 0 bridgehead atoms. The molecule has 1 aromatic heterocycles. The number of pyridine rings is 1. The molecule has 2 rings (SSSR count). The molecule has 1 aliphatic rings. The quantitative estimate of drug-likeness (QED) is 0.798. The third-order valence-corrected chi connectivity index (χ3v) is 3.97. The number of carbonyl (C=O) groups is 1. The third kappa shape index (κ3) is 2.96. The van der Waals surface area contributed by atoms with Gasteiger partial charge in [0, 0.05) is 13.0 Å². The Hall–Kier alpha value is -0.800. The van der Waals surface area contributed by atoms with Gasteiger partial charge in [0.15, 0.2) is 0 Å². The van der Waals surface area contributed by atoms with Gasteiger partial charge in [-0.05, 0) is 24.0 Å². The van der Waals surface area contributed by atoms with Crippen molar-refractivity contribution in [1.29, 1.82) is 0 Å². The lowest BCUT2D eigenvalue weighted by atomic mass is 9.95. The fourth-order valence-electron chi connectivity index (χ4n) is 2.15. The number of carbonyl (C=O) groups excluding carboxylic acids is 1. The van der Waals surface area contributed by atoms with Crippen LogP contribution in [0.15, 0.2) is 12.1 Å². The Bertz CT molecular complexity index is 462. The van der Waals surface area contributed by atoms with E-state index >= 15 is 0 Å². The van der Waals surface area contributed by atoms with Crippen LogP contribution >= 0.6 is 23.2 Å². The maximum Gasteiger partial charge on any atom is 0.223 e. The normalized spacial score (nSPS) is 19.9. The average Bonchev–Trinajstić information content (AvgIpc) is 2.66. The summed E-state index contributed by atoms with van der Waals surface area (Å²) in [5.41, 5.74) is 0.668. The lowest BCUT2D eigenvalue weighted by molar-refractivity contribution is -0.128. The van der Waals surface area contributed by atoms with E-state index in [0.717, 1.165) is 6.54 Å². The Morgan fingerprint density at radius 2 is 2.17 bits per heavy atom. The highest BCUT2D eigenvalue weighted by Crippen LogP contribution is 2.27. The van der Waals surface area contributed by atoms with Crippen molar-refractivity contribution in [2.75, 3.05) is 6.54 Å². The first kappa shape index (κ1) is 13.6. The Morgan fingerprint density at radius 1 is 1.44 bits per heavy atom. The molecule has 5 heteroatoms. The van der Waals surface area contributed by atoms with Crippen LogP contribution in [0.3, 0.4) is 0 Å². The number of halogens is 2. The van der Waals surface area contributed by atoms with Gasteiger partial charge >= 0.3 is 0 Å². The molecule has 1 aliphatic heterocycles. The minimum Gasteiger partial charge on any atom is -0.336 e. The van der Waals surface area contributed by atoms with Gasteiger partial charge in [0.05, 0.1) is 17.3 Å². The van der Waals surface area contributed by atoms with Gasteiger partial charge in [0.2, 0.25) is 5.91 Å². The molecule has 0 saturated carbocycles. The molecule has 0 aromatic carbocycles. The number of hydrogen-bond donors (Lipinski definition) is 0. The van der Waals surface area contributed by atoms with Crippen molar-refractivity contribution < 1.29 is 4.79 Å². The van der Waals surface area contributed by atoms with Crippen LogP contribution in [0.4, 0.5) is 0 Å². The van der Waals surface area contributed by atoms with Crippen LogP contribution in [0.2, 0.25) is 10.2 Å². The van der Waals surface area contributed by atoms with Gasteiger partial charge in [-0.15, -0.1) is 0 Å². The Kier molecular flexibility index (Phi) is 4.13. The second-order valence-corrected chi connectivity index (χ2v) is 5.84. The van der Waals surface area contributed by atoms with Gasteiger partial charge in [-0.3, -0.25) is 4.79 Å². The molecule has 1 unspecified atom stereocenters. The minimum absolute atomic E-state index is 0.173. The summed E-state index contributed by atoms with van der Waals surface area (Å²) in [6, 6.07) is 3.36. The summed E-state index contributed by atoms with van der Waals surface area (Å²) in [5, 5.41) is 0.960. The first-order valence-electron chi connectivity index (χ1n) is 6.06. The number of aromatic nitrogens is 1. The number of nitrogens with zero attached hydrogens (tertiary/aromatic N) is 2. The second-order valence-electron chi connectivity index (χ2n) is 5.04. The largest absolute Gasteiger partial charge is 0.336 e. The highest BCUT2D eigenvalue weighted by atomic mass is 35.5. The molecule has 98 valence electrons. The maximum atomic E-state index is 11.9. The van der Waals surface area contributed by atoms with Gasteiger partial charge in [-0.25, -0.2) is 4.98 Å². The molecular weight excluding hydrogens is 271 g/mol. The Labute approximate surface area is 117 Å². The maximum absolute atomic E-state index is 11.9. The van der Waals surface area contributed by atoms with E-state index in [9.17, 15) is 4.79 Å². The van der Waals surface area contributed by atoms with E-state index < -0.39 is 0 Å². The topological polar surface area (TPSA) is 33.2 Å². The molecule has 1 saturated heterocycles. The lowest BCUT2D eigenvalue weighted by Crippen LogP contribution is -2.25. The van der Waals surface area contributed by atoms with Crippen LogP contribution in [-0.2, 0) is 11.3 Å². The molecule has 3 nitrogen and oxygen atoms in total. The van der Waals surface area contributed by atoms with Crippen molar-refractivity contribution >= 4 is 29.1 Å². The number of likely N-dealkylation sites (tertiary alicyclic amines) is 1. The van der Waals surface area contributed by atoms with Gasteiger partial charge in [-0.2, -0.15) is 0 Å². The van der Waals surface area contributed by atoms with Crippen LogP contribution in [0.25, 0.3) is 0 Å². The van der Waals surface area contributed by atoms with Crippen molar-refractivity contribution in [1.82, 2.24) is 9.88 Å². The van der Waals surface area contributed by atoms with Gasteiger partial charge in [-0.1, -0.05) is 37.0 Å². The highest BCUT2D eigenvalue weighted by molar-refractivity contribution is 6.32. The Morgan fingerprint density at radius 3 is 2.78 bits per heavy atom. The average molecular weight is 287 g/mol. The lowest BCUT2D eigenvalue weighted by Gasteiger charge is -2.18. The molecule has 18 heavy (non-hydrogen) atoms. The summed E-state index contributed by atoms with van der Waals surface area (Å²) >= 11 is 11.9. The standard InChI is InChI=1S/C13H16Cl2N2O/c1-8(2)9-5-13(18)17(6-9)7-11-10(14)3-4-12(15)16-11/h3-4,8-9H,5-7H2,1-2H3. The van der Waals surface area contributed by atoms with E-state index in [0.29, 0.717) is 40.7 Å². The molecular formula is C13H16Cl2N2O. The van der Waals surface area contributed by atoms with E-state index in [2.05, 4.69) is 18.8 Å². The van der Waals surface area contributed by atoms with E-state index in [4.69, 9.17) is 23.2 Å². The molecule has 1 aromatic rings. The predicted octanol–water partition coefficient (Wildman–Crippen LogP) is 3.39. The second kappa shape index (κ2) is 5.45. The fraction of sp³-hybridized carbons (Fsp3) is 0.538. The van der Waals surface area contributed by atoms with E-state index in [1.54, 1.807) is 12.1 Å². The summed E-state index contributed by atoms with van der Waals surface area (Å²) in [6.45, 7) is 5.51. The van der Waals surface area contributed by atoms with E-state index in [1.165, 1.54) is 0 Å². The van der Waals surface area contributed by atoms with Crippen LogP contribution in [0, 0.1) is 11.8 Å². The highest BCUT2D eigenvalue weighted by Gasteiger charge is 2.31. The first-order chi connectivity index (χ1) is 8.47. The van der Waals surface area contributed by atoms with Crippen LogP contribution in [0.1, 0.15) is 26.0 Å². The Balaban J connectivity index is 2.10. The zero-order chi connectivity index (χ0) is 13.3. The van der Waals surface area contributed by atoms with Crippen molar-refractivity contribution in [2.45, 2.75) is 26.8 Å². The monoisotopic (exact) mass is 286 g/mol. The van der Waals surface area contributed by atoms with Crippen molar-refractivity contribution in [3.05, 3.63) is 28.0 Å². The number of rotatable bonds is 3. The van der Waals surface area contributed by atoms with Crippen LogP contribution in [0.5, 0.6) is 0 Å². The molecule has 1 atom stereocenters. The van der Waals surface area contributed by atoms with Gasteiger partial charge in [0.1, 0.15) is 5.15 Å². The summed E-state index contributed by atoms with van der Waals surface area (Å²) in [4.78, 5) is 17.9. The first-order valence-corrected chi connectivity index (χ1v) is 6.81. The van der Waals surface area contributed by atoms with Crippen LogP contribution in [-0.4, -0.2) is 22.3 Å². The zero-order valence-corrected chi connectivity index (χ0v) is 12.0. The minimum atomic E-state index is 0.173. The van der Waals surface area contributed by atoms with Gasteiger partial charge < -0.3 is 4.90 Å². The third-order valence-electron chi connectivity index (χ3n) is 3.41. The smallest absolute Gasteiger partial charge is 0.223 e. The molecule has 1 fully saturated rings. The molecule has 2 heterocycles.